The van der Waals surface area contributed by atoms with Gasteiger partial charge < -0.3 is 5.11 Å². The third-order valence-corrected chi connectivity index (χ3v) is 0.984. The van der Waals surface area contributed by atoms with Gasteiger partial charge in [-0.3, -0.25) is 10.1 Å². The zero-order valence-electron chi connectivity index (χ0n) is 5.79. The smallest absolute Gasteiger partial charge is 0.233 e. The summed E-state index contributed by atoms with van der Waals surface area (Å²) in [7, 11) is 0. The fourth-order valence-electron chi connectivity index (χ4n) is 0.465. The molecule has 0 aliphatic rings. The highest BCUT2D eigenvalue weighted by molar-refractivity contribution is 5.77. The summed E-state index contributed by atoms with van der Waals surface area (Å²) in [6.07, 6.45) is 1.62. The fourth-order valence-corrected chi connectivity index (χ4v) is 0.465. The van der Waals surface area contributed by atoms with Gasteiger partial charge in [0.2, 0.25) is 5.91 Å². The molecule has 1 amide bonds. The van der Waals surface area contributed by atoms with E-state index in [2.05, 4.69) is 0 Å². The molecule has 0 rings (SSSR count). The average molecular weight is 142 g/mol. The largest absolute Gasteiger partial charge is 0.393 e. The average Bonchev–Trinajstić information content (AvgIpc) is 1.85. The molecule has 0 fully saturated rings. The first kappa shape index (κ1) is 8.92. The molecule has 56 valence electrons. The highest BCUT2D eigenvalue weighted by Crippen LogP contribution is 1.93. The van der Waals surface area contributed by atoms with Gasteiger partial charge in [-0.1, -0.05) is 0 Å². The van der Waals surface area contributed by atoms with E-state index in [1.54, 1.807) is 6.92 Å². The molecule has 0 radical (unpaired) electrons. The van der Waals surface area contributed by atoms with E-state index in [0.717, 1.165) is 0 Å². The minimum Gasteiger partial charge on any atom is -0.393 e. The first-order valence-electron chi connectivity index (χ1n) is 3.03. The number of aliphatic hydroxyl groups is 1. The molecule has 1 atom stereocenters. The summed E-state index contributed by atoms with van der Waals surface area (Å²) >= 11 is 0. The summed E-state index contributed by atoms with van der Waals surface area (Å²) in [5.41, 5.74) is 0. The molecule has 2 N–H and O–H groups in total. The van der Waals surface area contributed by atoms with Gasteiger partial charge in [-0.2, -0.15) is 5.26 Å². The van der Waals surface area contributed by atoms with Crippen molar-refractivity contribution in [3.05, 3.63) is 0 Å². The summed E-state index contributed by atoms with van der Waals surface area (Å²) in [4.78, 5) is 10.5. The van der Waals surface area contributed by atoms with Crippen LogP contribution in [0.5, 0.6) is 0 Å². The van der Waals surface area contributed by atoms with Crippen molar-refractivity contribution in [3.63, 3.8) is 0 Å². The number of carbonyl (C=O) groups excluding carboxylic acids is 1. The van der Waals surface area contributed by atoms with E-state index in [1.165, 1.54) is 6.19 Å². The van der Waals surface area contributed by atoms with Crippen molar-refractivity contribution in [3.8, 4) is 6.19 Å². The lowest BCUT2D eigenvalue weighted by Gasteiger charge is -1.99. The maximum absolute atomic E-state index is 10.5. The van der Waals surface area contributed by atoms with Crippen molar-refractivity contribution >= 4 is 5.91 Å². The second kappa shape index (κ2) is 4.77. The van der Waals surface area contributed by atoms with Crippen molar-refractivity contribution < 1.29 is 9.90 Å². The molecule has 0 heterocycles. The van der Waals surface area contributed by atoms with E-state index in [9.17, 15) is 4.79 Å². The third-order valence-electron chi connectivity index (χ3n) is 0.984. The van der Waals surface area contributed by atoms with Crippen LogP contribution in [0.3, 0.4) is 0 Å². The first-order chi connectivity index (χ1) is 4.66. The van der Waals surface area contributed by atoms with Gasteiger partial charge in [0.15, 0.2) is 6.19 Å². The molecule has 0 aliphatic carbocycles. The lowest BCUT2D eigenvalue weighted by molar-refractivity contribution is -0.120. The fraction of sp³-hybridized carbons (Fsp3) is 0.667. The number of nitrogens with zero attached hydrogens (tertiary/aromatic N) is 1. The second-order valence-electron chi connectivity index (χ2n) is 2.05. The van der Waals surface area contributed by atoms with Crippen LogP contribution in [0.4, 0.5) is 0 Å². The van der Waals surface area contributed by atoms with Crippen LogP contribution in [-0.2, 0) is 4.79 Å². The summed E-state index contributed by atoms with van der Waals surface area (Å²) in [6.45, 7) is 1.60. The molecule has 0 saturated carbocycles. The molecule has 4 heteroatoms. The number of hydrogen-bond acceptors (Lipinski definition) is 3. The van der Waals surface area contributed by atoms with Crippen LogP contribution < -0.4 is 5.32 Å². The Balaban J connectivity index is 3.33. The van der Waals surface area contributed by atoms with Crippen LogP contribution in [0, 0.1) is 11.5 Å². The molecular weight excluding hydrogens is 132 g/mol. The lowest BCUT2D eigenvalue weighted by Crippen LogP contribution is -2.18. The number of carbonyl (C=O) groups is 1. The highest BCUT2D eigenvalue weighted by atomic mass is 16.3. The summed E-state index contributed by atoms with van der Waals surface area (Å²) in [5.74, 6) is -0.344. The number of aliphatic hydroxyl groups excluding tert-OH is 1. The van der Waals surface area contributed by atoms with E-state index in [4.69, 9.17) is 10.4 Å². The number of rotatable bonds is 3. The van der Waals surface area contributed by atoms with Crippen molar-refractivity contribution in [2.24, 2.45) is 0 Å². The van der Waals surface area contributed by atoms with E-state index >= 15 is 0 Å². The minimum atomic E-state index is -0.482. The van der Waals surface area contributed by atoms with Gasteiger partial charge >= 0.3 is 0 Å². The zero-order chi connectivity index (χ0) is 7.98. The molecule has 4 nitrogen and oxygen atoms in total. The highest BCUT2D eigenvalue weighted by Gasteiger charge is 2.01. The first-order valence-corrected chi connectivity index (χ1v) is 3.03. The molecule has 0 aromatic heterocycles. The topological polar surface area (TPSA) is 73.1 Å². The van der Waals surface area contributed by atoms with E-state index < -0.39 is 6.10 Å². The minimum absolute atomic E-state index is 0.200. The van der Waals surface area contributed by atoms with Gasteiger partial charge in [-0.25, -0.2) is 0 Å². The SMILES string of the molecule is CC(O)CCC(=O)NC#N. The molecule has 0 aromatic carbocycles. The van der Waals surface area contributed by atoms with Crippen molar-refractivity contribution in [1.82, 2.24) is 5.32 Å². The van der Waals surface area contributed by atoms with Crippen LogP contribution in [0.15, 0.2) is 0 Å². The standard InChI is InChI=1S/C6H10N2O2/c1-5(9)2-3-6(10)8-4-7/h5,9H,2-3H2,1H3,(H,8,10). The van der Waals surface area contributed by atoms with Crippen LogP contribution in [0.1, 0.15) is 19.8 Å². The van der Waals surface area contributed by atoms with Gasteiger partial charge in [0.25, 0.3) is 0 Å². The predicted molar refractivity (Wildman–Crippen MR) is 34.7 cm³/mol. The number of nitrogens with one attached hydrogen (secondary N) is 1. The van der Waals surface area contributed by atoms with E-state index in [0.29, 0.717) is 6.42 Å². The van der Waals surface area contributed by atoms with Crippen molar-refractivity contribution in [2.75, 3.05) is 0 Å². The maximum atomic E-state index is 10.5. The van der Waals surface area contributed by atoms with Gasteiger partial charge in [0, 0.05) is 6.42 Å². The maximum Gasteiger partial charge on any atom is 0.233 e. The Kier molecular flexibility index (Phi) is 4.25. The van der Waals surface area contributed by atoms with Gasteiger partial charge in [-0.15, -0.1) is 0 Å². The predicted octanol–water partition coefficient (Wildman–Crippen LogP) is -0.255. The van der Waals surface area contributed by atoms with E-state index in [1.807, 2.05) is 5.32 Å². The van der Waals surface area contributed by atoms with Crippen LogP contribution in [0.2, 0.25) is 0 Å². The quantitative estimate of drug-likeness (QED) is 0.421. The Morgan fingerprint density at radius 1 is 1.90 bits per heavy atom. The van der Waals surface area contributed by atoms with Crippen LogP contribution in [0.25, 0.3) is 0 Å². The molecule has 0 bridgehead atoms. The molecule has 10 heavy (non-hydrogen) atoms. The monoisotopic (exact) mass is 142 g/mol. The Bertz CT molecular complexity index is 148. The van der Waals surface area contributed by atoms with Crippen molar-refractivity contribution in [2.45, 2.75) is 25.9 Å². The Morgan fingerprint density at radius 2 is 2.50 bits per heavy atom. The Labute approximate surface area is 59.5 Å². The van der Waals surface area contributed by atoms with Gasteiger partial charge in [-0.05, 0) is 13.3 Å². The number of amides is 1. The molecule has 0 spiro atoms. The van der Waals surface area contributed by atoms with Gasteiger partial charge in [0.1, 0.15) is 0 Å². The van der Waals surface area contributed by atoms with Crippen molar-refractivity contribution in [1.29, 1.82) is 5.26 Å². The second-order valence-corrected chi connectivity index (χ2v) is 2.05. The lowest BCUT2D eigenvalue weighted by atomic mass is 10.2. The zero-order valence-corrected chi connectivity index (χ0v) is 5.79. The van der Waals surface area contributed by atoms with Crippen LogP contribution >= 0.6 is 0 Å². The molecule has 0 saturated heterocycles. The molecule has 1 unspecified atom stereocenters. The number of nitriles is 1. The van der Waals surface area contributed by atoms with Crippen LogP contribution in [-0.4, -0.2) is 17.1 Å². The molecular formula is C6H10N2O2. The molecule has 0 aromatic rings. The normalized spacial score (nSPS) is 11.7. The van der Waals surface area contributed by atoms with Gasteiger partial charge in [0.05, 0.1) is 6.10 Å². The Hall–Kier alpha value is -1.08. The summed E-state index contributed by atoms with van der Waals surface area (Å²) in [5, 5.41) is 18.6. The summed E-state index contributed by atoms with van der Waals surface area (Å²) in [6, 6.07) is 0. The summed E-state index contributed by atoms with van der Waals surface area (Å²) < 4.78 is 0. The molecule has 0 aliphatic heterocycles. The van der Waals surface area contributed by atoms with E-state index in [-0.39, 0.29) is 12.3 Å². The number of hydrogen-bond donors (Lipinski definition) is 2. The third kappa shape index (κ3) is 5.06. The Morgan fingerprint density at radius 3 is 2.90 bits per heavy atom.